The van der Waals surface area contributed by atoms with Crippen LogP contribution < -0.4 is 5.32 Å². The summed E-state index contributed by atoms with van der Waals surface area (Å²) in [6.45, 7) is 17.8. The summed E-state index contributed by atoms with van der Waals surface area (Å²) in [5.74, 6) is 1.85. The van der Waals surface area contributed by atoms with Crippen LogP contribution in [0.15, 0.2) is 36.4 Å². The fourth-order valence-corrected chi connectivity index (χ4v) is 6.09. The van der Waals surface area contributed by atoms with Crippen LogP contribution in [0.2, 0.25) is 0 Å². The van der Waals surface area contributed by atoms with Crippen LogP contribution in [0.5, 0.6) is 17.2 Å². The van der Waals surface area contributed by atoms with Gasteiger partial charge in [0.1, 0.15) is 17.2 Å². The fourth-order valence-electron chi connectivity index (χ4n) is 6.09. The number of rotatable bonds is 15. The summed E-state index contributed by atoms with van der Waals surface area (Å²) in [6, 6.07) is 12.8. The van der Waals surface area contributed by atoms with Crippen LogP contribution in [-0.2, 0) is 44.6 Å². The molecular formula is C43H73N5O3. The lowest BCUT2D eigenvalue weighted by Crippen LogP contribution is -2.28. The minimum atomic E-state index is -0.689. The Kier molecular flexibility index (Phi) is 19.3. The van der Waals surface area contributed by atoms with Crippen LogP contribution in [0.1, 0.15) is 105 Å². The third kappa shape index (κ3) is 12.8. The van der Waals surface area contributed by atoms with Crippen molar-refractivity contribution in [1.29, 1.82) is 0 Å². The molecule has 1 unspecified atom stereocenters. The van der Waals surface area contributed by atoms with Gasteiger partial charge in [-0.3, -0.25) is 0 Å². The second kappa shape index (κ2) is 21.4. The Bertz CT molecular complexity index is 1470. The number of phenolic OH excluding ortho intramolecular Hbond substituents is 3. The second-order valence-electron chi connectivity index (χ2n) is 15.2. The molecule has 3 aromatic carbocycles. The molecule has 4 N–H and O–H groups in total. The number of phenols is 3. The molecule has 0 aliphatic heterocycles. The summed E-state index contributed by atoms with van der Waals surface area (Å²) < 4.78 is 0. The molecule has 3 rings (SSSR count). The Balaban J connectivity index is 0.00000170. The van der Waals surface area contributed by atoms with Crippen molar-refractivity contribution in [3.05, 3.63) is 86.5 Å². The minimum Gasteiger partial charge on any atom is -0.507 e. The molecule has 0 saturated carbocycles. The summed E-state index contributed by atoms with van der Waals surface area (Å²) in [5.41, 5.74) is 7.63. The first kappa shape index (κ1) is 45.9. The highest BCUT2D eigenvalue weighted by atomic mass is 16.3. The SMILES string of the molecule is CC.CCC(C)C.CCc1cc(C(C)(c2cc(CNC)c(O)c(CN(C)C)c2)c2cc(CN(C)C)c(O)c(CN(C)C)c2)cc(CN(C)C)c1O. The molecule has 0 aliphatic carbocycles. The van der Waals surface area contributed by atoms with E-state index >= 15 is 0 Å². The number of nitrogens with zero attached hydrogens (tertiary/aromatic N) is 4. The Labute approximate surface area is 312 Å². The van der Waals surface area contributed by atoms with E-state index in [0.717, 1.165) is 56.0 Å². The van der Waals surface area contributed by atoms with E-state index in [1.54, 1.807) is 0 Å². The van der Waals surface area contributed by atoms with Crippen molar-refractivity contribution in [1.82, 2.24) is 24.9 Å². The Hall–Kier alpha value is -3.14. The van der Waals surface area contributed by atoms with Crippen molar-refractivity contribution >= 4 is 0 Å². The maximum atomic E-state index is 11.4. The predicted molar refractivity (Wildman–Crippen MR) is 218 cm³/mol. The predicted octanol–water partition coefficient (Wildman–Crippen LogP) is 7.76. The first-order valence-electron chi connectivity index (χ1n) is 18.7. The third-order valence-electron chi connectivity index (χ3n) is 9.05. The van der Waals surface area contributed by atoms with Gasteiger partial charge in [0.25, 0.3) is 0 Å². The topological polar surface area (TPSA) is 85.7 Å². The van der Waals surface area contributed by atoms with E-state index in [1.807, 2.05) is 77.3 Å². The summed E-state index contributed by atoms with van der Waals surface area (Å²) in [7, 11) is 18.0. The summed E-state index contributed by atoms with van der Waals surface area (Å²) >= 11 is 0. The highest BCUT2D eigenvalue weighted by Crippen LogP contribution is 2.45. The van der Waals surface area contributed by atoms with Gasteiger partial charge in [0.05, 0.1) is 0 Å². The Morgan fingerprint density at radius 2 is 0.804 bits per heavy atom. The molecule has 8 heteroatoms. The van der Waals surface area contributed by atoms with Gasteiger partial charge in [-0.15, -0.1) is 0 Å². The molecule has 0 aromatic heterocycles. The third-order valence-corrected chi connectivity index (χ3v) is 9.05. The first-order valence-corrected chi connectivity index (χ1v) is 18.7. The van der Waals surface area contributed by atoms with Gasteiger partial charge in [0.15, 0.2) is 0 Å². The highest BCUT2D eigenvalue weighted by Gasteiger charge is 2.35. The molecule has 0 aliphatic rings. The second-order valence-corrected chi connectivity index (χ2v) is 15.2. The van der Waals surface area contributed by atoms with Crippen LogP contribution in [-0.4, -0.2) is 98.3 Å². The lowest BCUT2D eigenvalue weighted by molar-refractivity contribution is 0.367. The van der Waals surface area contributed by atoms with Crippen LogP contribution in [0, 0.1) is 5.92 Å². The lowest BCUT2D eigenvalue weighted by Gasteiger charge is -2.35. The van der Waals surface area contributed by atoms with E-state index < -0.39 is 5.41 Å². The van der Waals surface area contributed by atoms with Crippen LogP contribution in [0.3, 0.4) is 0 Å². The van der Waals surface area contributed by atoms with E-state index in [-0.39, 0.29) is 0 Å². The molecule has 8 nitrogen and oxygen atoms in total. The average Bonchev–Trinajstić information content (AvgIpc) is 3.05. The Morgan fingerprint density at radius 3 is 1.06 bits per heavy atom. The molecule has 0 bridgehead atoms. The van der Waals surface area contributed by atoms with Crippen molar-refractivity contribution in [2.75, 3.05) is 63.4 Å². The molecule has 0 fully saturated rings. The molecule has 0 saturated heterocycles. The average molecular weight is 708 g/mol. The molecule has 0 spiro atoms. The quantitative estimate of drug-likeness (QED) is 0.119. The fraction of sp³-hybridized carbons (Fsp3) is 0.581. The molecule has 51 heavy (non-hydrogen) atoms. The van der Waals surface area contributed by atoms with Gasteiger partial charge in [0.2, 0.25) is 0 Å². The van der Waals surface area contributed by atoms with E-state index in [9.17, 15) is 15.3 Å². The highest BCUT2D eigenvalue weighted by molar-refractivity contribution is 5.60. The molecule has 3 aromatic rings. The van der Waals surface area contributed by atoms with Crippen molar-refractivity contribution in [2.45, 2.75) is 99.4 Å². The summed E-state index contributed by atoms with van der Waals surface area (Å²) in [5, 5.41) is 37.3. The smallest absolute Gasteiger partial charge is 0.124 e. The molecule has 0 amide bonds. The van der Waals surface area contributed by atoms with E-state index in [2.05, 4.69) is 95.9 Å². The Morgan fingerprint density at radius 1 is 0.549 bits per heavy atom. The van der Waals surface area contributed by atoms with Gasteiger partial charge in [-0.1, -0.05) is 54.0 Å². The van der Waals surface area contributed by atoms with E-state index in [1.165, 1.54) is 6.42 Å². The first-order chi connectivity index (χ1) is 23.9. The van der Waals surface area contributed by atoms with Gasteiger partial charge in [-0.05, 0) is 135 Å². The van der Waals surface area contributed by atoms with E-state index in [0.29, 0.717) is 56.4 Å². The molecular weight excluding hydrogens is 635 g/mol. The zero-order valence-corrected chi connectivity index (χ0v) is 35.1. The molecule has 0 heterocycles. The number of hydrogen-bond acceptors (Lipinski definition) is 8. The van der Waals surface area contributed by atoms with Gasteiger partial charge in [-0.2, -0.15) is 0 Å². The van der Waals surface area contributed by atoms with Crippen LogP contribution in [0.4, 0.5) is 0 Å². The largest absolute Gasteiger partial charge is 0.507 e. The zero-order valence-electron chi connectivity index (χ0n) is 35.1. The summed E-state index contributed by atoms with van der Waals surface area (Å²) in [6.07, 6.45) is 2.00. The number of nitrogens with one attached hydrogen (secondary N) is 1. The van der Waals surface area contributed by atoms with Gasteiger partial charge in [-0.25, -0.2) is 0 Å². The van der Waals surface area contributed by atoms with Crippen molar-refractivity contribution in [2.24, 2.45) is 5.92 Å². The molecule has 0 radical (unpaired) electrons. The number of aryl methyl sites for hydroxylation is 1. The van der Waals surface area contributed by atoms with Gasteiger partial charge < -0.3 is 40.2 Å². The van der Waals surface area contributed by atoms with Gasteiger partial charge in [0, 0.05) is 66.0 Å². The normalized spacial score (nSPS) is 12.6. The molecule has 1 atom stereocenters. The van der Waals surface area contributed by atoms with Crippen molar-refractivity contribution < 1.29 is 15.3 Å². The monoisotopic (exact) mass is 708 g/mol. The van der Waals surface area contributed by atoms with Crippen molar-refractivity contribution in [3.8, 4) is 17.2 Å². The van der Waals surface area contributed by atoms with Crippen molar-refractivity contribution in [3.63, 3.8) is 0 Å². The number of aromatic hydroxyl groups is 3. The van der Waals surface area contributed by atoms with Crippen LogP contribution >= 0.6 is 0 Å². The molecule has 288 valence electrons. The summed E-state index contributed by atoms with van der Waals surface area (Å²) in [4.78, 5) is 8.28. The maximum absolute atomic E-state index is 11.4. The minimum absolute atomic E-state index is 0.305. The number of benzene rings is 3. The number of hydrogen-bond donors (Lipinski definition) is 4. The van der Waals surface area contributed by atoms with E-state index in [4.69, 9.17) is 0 Å². The zero-order chi connectivity index (χ0) is 39.2. The standard InChI is InChI=1S/C36H55N5O3.C5H12.C2H6/c1-12-24-13-30(15-26(33(24)42)20-38(4)5)36(2,31-14-25(19-37-3)34(43)27(16-31)21-39(6)7)32-17-28(22-40(8)9)35(44)29(18-32)23-41(10)11;1-4-5(2)3;1-2/h13-18,37,42-44H,12,19-23H2,1-11H3;5H,4H2,1-3H3;1-2H3. The maximum Gasteiger partial charge on any atom is 0.124 e. The van der Waals surface area contributed by atoms with Gasteiger partial charge >= 0.3 is 0 Å². The lowest BCUT2D eigenvalue weighted by atomic mass is 9.68. The van der Waals surface area contributed by atoms with Crippen LogP contribution in [0.25, 0.3) is 0 Å².